The third-order valence-electron chi connectivity index (χ3n) is 3.98. The Morgan fingerprint density at radius 1 is 1.12 bits per heavy atom. The molecule has 1 aromatic heterocycles. The summed E-state index contributed by atoms with van der Waals surface area (Å²) in [5, 5.41) is 1.57. The number of fused-ring (bicyclic) bond motifs is 1. The number of benzene rings is 2. The van der Waals surface area contributed by atoms with Crippen LogP contribution in [0.25, 0.3) is 10.9 Å². The number of hydrogen-bond donors (Lipinski definition) is 0. The summed E-state index contributed by atoms with van der Waals surface area (Å²) < 4.78 is 0. The van der Waals surface area contributed by atoms with Gasteiger partial charge in [0.05, 0.1) is 11.1 Å². The maximum atomic E-state index is 13.0. The molecule has 0 radical (unpaired) electrons. The second-order valence-corrected chi connectivity index (χ2v) is 6.56. The Bertz CT molecular complexity index is 921. The van der Waals surface area contributed by atoms with Crippen molar-refractivity contribution in [2.75, 3.05) is 7.05 Å². The van der Waals surface area contributed by atoms with Gasteiger partial charge in [-0.1, -0.05) is 35.4 Å². The molecule has 0 bridgehead atoms. The van der Waals surface area contributed by atoms with Crippen molar-refractivity contribution in [3.8, 4) is 0 Å². The topological polar surface area (TPSA) is 33.2 Å². The molecule has 24 heavy (non-hydrogen) atoms. The summed E-state index contributed by atoms with van der Waals surface area (Å²) in [4.78, 5) is 19.2. The molecule has 4 heteroatoms. The van der Waals surface area contributed by atoms with Crippen LogP contribution in [0.5, 0.6) is 0 Å². The zero-order chi connectivity index (χ0) is 17.3. The highest BCUT2D eigenvalue weighted by atomic mass is 35.5. The van der Waals surface area contributed by atoms with E-state index in [-0.39, 0.29) is 5.91 Å². The number of pyridine rings is 1. The standard InChI is InChI=1S/C20H19ClN2O/c1-13-7-8-19-17(9-13)18(10-14(2)22-19)20(24)23(3)12-15-5-4-6-16(21)11-15/h4-11H,12H2,1-3H3. The Hall–Kier alpha value is -2.39. The minimum atomic E-state index is -0.0175. The second-order valence-electron chi connectivity index (χ2n) is 6.12. The maximum Gasteiger partial charge on any atom is 0.254 e. The lowest BCUT2D eigenvalue weighted by atomic mass is 10.0. The predicted molar refractivity (Wildman–Crippen MR) is 98.5 cm³/mol. The van der Waals surface area contributed by atoms with Gasteiger partial charge >= 0.3 is 0 Å². The molecule has 1 heterocycles. The molecular formula is C20H19ClN2O. The number of hydrogen-bond acceptors (Lipinski definition) is 2. The Balaban J connectivity index is 1.97. The Kier molecular flexibility index (Phi) is 4.54. The van der Waals surface area contributed by atoms with Gasteiger partial charge in [-0.15, -0.1) is 0 Å². The van der Waals surface area contributed by atoms with Crippen LogP contribution in [0.2, 0.25) is 5.02 Å². The molecule has 0 saturated carbocycles. The number of halogens is 1. The van der Waals surface area contributed by atoms with Crippen LogP contribution in [0.15, 0.2) is 48.5 Å². The third kappa shape index (κ3) is 3.41. The van der Waals surface area contributed by atoms with Crippen LogP contribution in [0.4, 0.5) is 0 Å². The first-order chi connectivity index (χ1) is 11.4. The summed E-state index contributed by atoms with van der Waals surface area (Å²) in [6.45, 7) is 4.43. The van der Waals surface area contributed by atoms with Crippen LogP contribution in [-0.2, 0) is 6.54 Å². The molecule has 0 aliphatic carbocycles. The zero-order valence-corrected chi connectivity index (χ0v) is 14.8. The van der Waals surface area contributed by atoms with Crippen molar-refractivity contribution in [1.82, 2.24) is 9.88 Å². The zero-order valence-electron chi connectivity index (χ0n) is 14.0. The summed E-state index contributed by atoms with van der Waals surface area (Å²) in [7, 11) is 1.81. The molecule has 0 aliphatic heterocycles. The SMILES string of the molecule is Cc1ccc2nc(C)cc(C(=O)N(C)Cc3cccc(Cl)c3)c2c1. The third-order valence-corrected chi connectivity index (χ3v) is 4.21. The van der Waals surface area contributed by atoms with Gasteiger partial charge in [-0.25, -0.2) is 0 Å². The van der Waals surface area contributed by atoms with Crippen LogP contribution < -0.4 is 0 Å². The molecule has 3 nitrogen and oxygen atoms in total. The Morgan fingerprint density at radius 2 is 1.92 bits per heavy atom. The Morgan fingerprint density at radius 3 is 2.67 bits per heavy atom. The van der Waals surface area contributed by atoms with E-state index >= 15 is 0 Å². The number of amides is 1. The number of carbonyl (C=O) groups excluding carboxylic acids is 1. The molecular weight excluding hydrogens is 320 g/mol. The number of rotatable bonds is 3. The van der Waals surface area contributed by atoms with Gasteiger partial charge < -0.3 is 4.90 Å². The number of aryl methyl sites for hydroxylation is 2. The van der Waals surface area contributed by atoms with E-state index in [1.54, 1.807) is 11.9 Å². The van der Waals surface area contributed by atoms with Crippen molar-refractivity contribution >= 4 is 28.4 Å². The first-order valence-electron chi connectivity index (χ1n) is 7.82. The summed E-state index contributed by atoms with van der Waals surface area (Å²) >= 11 is 6.03. The molecule has 1 amide bonds. The fourth-order valence-corrected chi connectivity index (χ4v) is 3.05. The van der Waals surface area contributed by atoms with Crippen LogP contribution in [0.3, 0.4) is 0 Å². The van der Waals surface area contributed by atoms with E-state index < -0.39 is 0 Å². The van der Waals surface area contributed by atoms with Gasteiger partial charge in [0, 0.05) is 29.7 Å². The highest BCUT2D eigenvalue weighted by Crippen LogP contribution is 2.22. The molecule has 0 N–H and O–H groups in total. The van der Waals surface area contributed by atoms with E-state index in [0.29, 0.717) is 17.1 Å². The molecule has 0 unspecified atom stereocenters. The van der Waals surface area contributed by atoms with E-state index in [4.69, 9.17) is 11.6 Å². The summed E-state index contributed by atoms with van der Waals surface area (Å²) in [5.41, 5.74) is 4.49. The van der Waals surface area contributed by atoms with E-state index in [1.165, 1.54) is 0 Å². The van der Waals surface area contributed by atoms with Gasteiger partial charge in [-0.05, 0) is 49.7 Å². The number of carbonyl (C=O) groups is 1. The smallest absolute Gasteiger partial charge is 0.254 e. The van der Waals surface area contributed by atoms with Gasteiger partial charge in [0.1, 0.15) is 0 Å². The van der Waals surface area contributed by atoms with E-state index in [0.717, 1.165) is 27.7 Å². The van der Waals surface area contributed by atoms with E-state index in [9.17, 15) is 4.79 Å². The second kappa shape index (κ2) is 6.62. The Labute approximate surface area is 146 Å². The van der Waals surface area contributed by atoms with Crippen molar-refractivity contribution in [1.29, 1.82) is 0 Å². The average molecular weight is 339 g/mol. The monoisotopic (exact) mass is 338 g/mol. The minimum absolute atomic E-state index is 0.0175. The molecule has 0 atom stereocenters. The average Bonchev–Trinajstić information content (AvgIpc) is 2.54. The van der Waals surface area contributed by atoms with Crippen LogP contribution >= 0.6 is 11.6 Å². The first-order valence-corrected chi connectivity index (χ1v) is 8.20. The highest BCUT2D eigenvalue weighted by Gasteiger charge is 2.16. The highest BCUT2D eigenvalue weighted by molar-refractivity contribution is 6.30. The van der Waals surface area contributed by atoms with Crippen LogP contribution in [-0.4, -0.2) is 22.8 Å². The molecule has 3 aromatic rings. The van der Waals surface area contributed by atoms with Crippen molar-refractivity contribution < 1.29 is 4.79 Å². The number of aromatic nitrogens is 1. The normalized spacial score (nSPS) is 10.8. The minimum Gasteiger partial charge on any atom is -0.337 e. The fourth-order valence-electron chi connectivity index (χ4n) is 2.84. The van der Waals surface area contributed by atoms with Gasteiger partial charge in [0.25, 0.3) is 5.91 Å². The van der Waals surface area contributed by atoms with Crippen molar-refractivity contribution in [2.24, 2.45) is 0 Å². The molecule has 0 spiro atoms. The fraction of sp³-hybridized carbons (Fsp3) is 0.200. The lowest BCUT2D eigenvalue weighted by Gasteiger charge is -2.19. The molecule has 2 aromatic carbocycles. The molecule has 122 valence electrons. The predicted octanol–water partition coefficient (Wildman–Crippen LogP) is 4.78. The summed E-state index contributed by atoms with van der Waals surface area (Å²) in [6.07, 6.45) is 0. The quantitative estimate of drug-likeness (QED) is 0.688. The lowest BCUT2D eigenvalue weighted by Crippen LogP contribution is -2.26. The van der Waals surface area contributed by atoms with Crippen molar-refractivity contribution in [3.63, 3.8) is 0 Å². The molecule has 0 saturated heterocycles. The largest absolute Gasteiger partial charge is 0.337 e. The lowest BCUT2D eigenvalue weighted by molar-refractivity contribution is 0.0787. The van der Waals surface area contributed by atoms with Gasteiger partial charge in [-0.3, -0.25) is 9.78 Å². The molecule has 0 fully saturated rings. The number of nitrogens with zero attached hydrogens (tertiary/aromatic N) is 2. The van der Waals surface area contributed by atoms with Crippen LogP contribution in [0, 0.1) is 13.8 Å². The van der Waals surface area contributed by atoms with E-state index in [2.05, 4.69) is 4.98 Å². The maximum absolute atomic E-state index is 13.0. The summed E-state index contributed by atoms with van der Waals surface area (Å²) in [5.74, 6) is -0.0175. The molecule has 0 aliphatic rings. The molecule has 3 rings (SSSR count). The van der Waals surface area contributed by atoms with Gasteiger partial charge in [0.2, 0.25) is 0 Å². The first kappa shape index (κ1) is 16.5. The van der Waals surface area contributed by atoms with Gasteiger partial charge in [-0.2, -0.15) is 0 Å². The van der Waals surface area contributed by atoms with Gasteiger partial charge in [0.15, 0.2) is 0 Å². The van der Waals surface area contributed by atoms with Crippen molar-refractivity contribution in [2.45, 2.75) is 20.4 Å². The van der Waals surface area contributed by atoms with E-state index in [1.807, 2.05) is 62.4 Å². The summed E-state index contributed by atoms with van der Waals surface area (Å²) in [6, 6.07) is 15.4. The van der Waals surface area contributed by atoms with Crippen LogP contribution in [0.1, 0.15) is 27.2 Å². The van der Waals surface area contributed by atoms with Crippen molar-refractivity contribution in [3.05, 3.63) is 75.9 Å².